The van der Waals surface area contributed by atoms with Gasteiger partial charge in [-0.05, 0) is 18.1 Å². The molecule has 0 saturated heterocycles. The molecule has 0 spiro atoms. The number of aryl methyl sites for hydroxylation is 1. The van der Waals surface area contributed by atoms with Crippen LogP contribution in [0, 0.1) is 0 Å². The van der Waals surface area contributed by atoms with Crippen LogP contribution in [-0.2, 0) is 6.42 Å². The maximum atomic E-state index is 5.66. The van der Waals surface area contributed by atoms with Crippen LogP contribution in [0.15, 0.2) is 36.4 Å². The Labute approximate surface area is 95.3 Å². The minimum absolute atomic E-state index is 0.489. The van der Waals surface area contributed by atoms with Gasteiger partial charge in [-0.3, -0.25) is 0 Å². The number of benzene rings is 1. The molecule has 3 nitrogen and oxygen atoms in total. The van der Waals surface area contributed by atoms with Gasteiger partial charge in [0.15, 0.2) is 0 Å². The molecular formula is C13H15N3. The Morgan fingerprint density at radius 3 is 2.56 bits per heavy atom. The molecule has 1 aromatic heterocycles. The number of nitrogen functional groups attached to an aromatic ring is 1. The van der Waals surface area contributed by atoms with E-state index in [1.807, 2.05) is 36.4 Å². The molecular weight excluding hydrogens is 198 g/mol. The molecule has 0 aliphatic carbocycles. The summed E-state index contributed by atoms with van der Waals surface area (Å²) in [4.78, 5) is 0. The number of hydrogen-bond donors (Lipinski definition) is 1. The van der Waals surface area contributed by atoms with Crippen molar-refractivity contribution >= 4 is 5.82 Å². The lowest BCUT2D eigenvalue weighted by Crippen LogP contribution is -2.00. The second-order valence-electron chi connectivity index (χ2n) is 3.76. The van der Waals surface area contributed by atoms with Gasteiger partial charge in [-0.1, -0.05) is 43.7 Å². The predicted molar refractivity (Wildman–Crippen MR) is 65.9 cm³/mol. The molecule has 0 amide bonds. The van der Waals surface area contributed by atoms with E-state index < -0.39 is 0 Å². The molecule has 2 N–H and O–H groups in total. The second-order valence-corrected chi connectivity index (χ2v) is 3.76. The quantitative estimate of drug-likeness (QED) is 0.852. The average molecular weight is 213 g/mol. The third-order valence-electron chi connectivity index (χ3n) is 2.46. The van der Waals surface area contributed by atoms with Crippen LogP contribution in [0.2, 0.25) is 0 Å². The lowest BCUT2D eigenvalue weighted by atomic mass is 10.0. The third kappa shape index (κ3) is 2.19. The summed E-state index contributed by atoms with van der Waals surface area (Å²) in [6.45, 7) is 2.14. The van der Waals surface area contributed by atoms with E-state index in [1.54, 1.807) is 0 Å². The van der Waals surface area contributed by atoms with Crippen LogP contribution in [0.4, 0.5) is 5.82 Å². The normalized spacial score (nSPS) is 10.3. The summed E-state index contributed by atoms with van der Waals surface area (Å²) in [5.74, 6) is 0.489. The second kappa shape index (κ2) is 4.75. The van der Waals surface area contributed by atoms with Crippen LogP contribution in [0.1, 0.15) is 18.9 Å². The summed E-state index contributed by atoms with van der Waals surface area (Å²) in [5, 5.41) is 8.12. The maximum Gasteiger partial charge on any atom is 0.146 e. The fourth-order valence-corrected chi connectivity index (χ4v) is 1.75. The molecule has 1 aromatic carbocycles. The Morgan fingerprint density at radius 2 is 1.88 bits per heavy atom. The fraction of sp³-hybridized carbons (Fsp3) is 0.231. The van der Waals surface area contributed by atoms with Gasteiger partial charge < -0.3 is 5.73 Å². The highest BCUT2D eigenvalue weighted by Crippen LogP contribution is 2.22. The van der Waals surface area contributed by atoms with Gasteiger partial charge in [0.2, 0.25) is 0 Å². The molecule has 0 fully saturated rings. The molecule has 0 aliphatic rings. The largest absolute Gasteiger partial charge is 0.382 e. The molecule has 3 heteroatoms. The first-order chi connectivity index (χ1) is 7.81. The van der Waals surface area contributed by atoms with E-state index in [0.717, 1.165) is 24.1 Å². The van der Waals surface area contributed by atoms with Crippen LogP contribution in [0.5, 0.6) is 0 Å². The zero-order chi connectivity index (χ0) is 11.4. The highest BCUT2D eigenvalue weighted by Gasteiger charge is 2.07. The first kappa shape index (κ1) is 10.6. The fourth-order valence-electron chi connectivity index (χ4n) is 1.75. The van der Waals surface area contributed by atoms with Crippen LogP contribution >= 0.6 is 0 Å². The molecule has 0 bridgehead atoms. The number of rotatable bonds is 3. The van der Waals surface area contributed by atoms with E-state index in [-0.39, 0.29) is 0 Å². The van der Waals surface area contributed by atoms with Crippen molar-refractivity contribution in [3.05, 3.63) is 42.0 Å². The molecule has 0 atom stereocenters. The van der Waals surface area contributed by atoms with Crippen molar-refractivity contribution in [1.82, 2.24) is 10.2 Å². The molecule has 1 heterocycles. The Kier molecular flexibility index (Phi) is 3.15. The topological polar surface area (TPSA) is 51.8 Å². The van der Waals surface area contributed by atoms with Crippen molar-refractivity contribution in [1.29, 1.82) is 0 Å². The Morgan fingerprint density at radius 1 is 1.12 bits per heavy atom. The highest BCUT2D eigenvalue weighted by molar-refractivity contribution is 5.63. The van der Waals surface area contributed by atoms with Crippen LogP contribution in [-0.4, -0.2) is 10.2 Å². The molecule has 2 aromatic rings. The van der Waals surface area contributed by atoms with Gasteiger partial charge in [-0.15, -0.1) is 10.2 Å². The lowest BCUT2D eigenvalue weighted by Gasteiger charge is -2.07. The monoisotopic (exact) mass is 213 g/mol. The van der Waals surface area contributed by atoms with E-state index in [0.29, 0.717) is 5.82 Å². The van der Waals surface area contributed by atoms with Gasteiger partial charge in [-0.2, -0.15) is 0 Å². The number of hydrogen-bond acceptors (Lipinski definition) is 3. The van der Waals surface area contributed by atoms with E-state index in [9.17, 15) is 0 Å². The molecule has 0 saturated carbocycles. The molecule has 16 heavy (non-hydrogen) atoms. The molecule has 2 rings (SSSR count). The zero-order valence-corrected chi connectivity index (χ0v) is 9.35. The summed E-state index contributed by atoms with van der Waals surface area (Å²) in [7, 11) is 0. The van der Waals surface area contributed by atoms with Crippen molar-refractivity contribution in [2.75, 3.05) is 5.73 Å². The van der Waals surface area contributed by atoms with Gasteiger partial charge in [0.05, 0.1) is 5.69 Å². The van der Waals surface area contributed by atoms with Gasteiger partial charge in [0.1, 0.15) is 5.82 Å². The van der Waals surface area contributed by atoms with E-state index in [1.165, 1.54) is 5.56 Å². The predicted octanol–water partition coefficient (Wildman–Crippen LogP) is 2.68. The summed E-state index contributed by atoms with van der Waals surface area (Å²) < 4.78 is 0. The van der Waals surface area contributed by atoms with Crippen LogP contribution < -0.4 is 5.73 Å². The van der Waals surface area contributed by atoms with E-state index in [4.69, 9.17) is 5.73 Å². The smallest absolute Gasteiger partial charge is 0.146 e. The van der Waals surface area contributed by atoms with Crippen LogP contribution in [0.3, 0.4) is 0 Å². The van der Waals surface area contributed by atoms with Gasteiger partial charge >= 0.3 is 0 Å². The van der Waals surface area contributed by atoms with E-state index >= 15 is 0 Å². The van der Waals surface area contributed by atoms with Crippen molar-refractivity contribution < 1.29 is 0 Å². The zero-order valence-electron chi connectivity index (χ0n) is 9.35. The summed E-state index contributed by atoms with van der Waals surface area (Å²) >= 11 is 0. The highest BCUT2D eigenvalue weighted by atomic mass is 15.1. The standard InChI is InChI=1S/C13H15N3/c1-2-6-11-9-12(14)15-16-13(11)10-7-4-3-5-8-10/h3-5,7-9H,2,6H2,1H3,(H2,14,15). The van der Waals surface area contributed by atoms with Gasteiger partial charge in [0.25, 0.3) is 0 Å². The van der Waals surface area contributed by atoms with Crippen molar-refractivity contribution in [3.8, 4) is 11.3 Å². The number of nitrogens with two attached hydrogens (primary N) is 1. The third-order valence-corrected chi connectivity index (χ3v) is 2.46. The number of nitrogens with zero attached hydrogens (tertiary/aromatic N) is 2. The van der Waals surface area contributed by atoms with Crippen molar-refractivity contribution in [3.63, 3.8) is 0 Å². The van der Waals surface area contributed by atoms with Crippen molar-refractivity contribution in [2.45, 2.75) is 19.8 Å². The minimum Gasteiger partial charge on any atom is -0.382 e. The SMILES string of the molecule is CCCc1cc(N)nnc1-c1ccccc1. The van der Waals surface area contributed by atoms with Gasteiger partial charge in [0, 0.05) is 5.56 Å². The van der Waals surface area contributed by atoms with E-state index in [2.05, 4.69) is 17.1 Å². The molecule has 0 unspecified atom stereocenters. The maximum absolute atomic E-state index is 5.66. The first-order valence-electron chi connectivity index (χ1n) is 5.48. The molecule has 82 valence electrons. The summed E-state index contributed by atoms with van der Waals surface area (Å²) in [5.41, 5.74) is 8.87. The minimum atomic E-state index is 0.489. The molecule has 0 aliphatic heterocycles. The van der Waals surface area contributed by atoms with Gasteiger partial charge in [-0.25, -0.2) is 0 Å². The summed E-state index contributed by atoms with van der Waals surface area (Å²) in [6, 6.07) is 12.0. The number of anilines is 1. The van der Waals surface area contributed by atoms with Crippen molar-refractivity contribution in [2.24, 2.45) is 0 Å². The number of aromatic nitrogens is 2. The lowest BCUT2D eigenvalue weighted by molar-refractivity contribution is 0.900. The average Bonchev–Trinajstić information content (AvgIpc) is 2.31. The Hall–Kier alpha value is -1.90. The summed E-state index contributed by atoms with van der Waals surface area (Å²) in [6.07, 6.45) is 2.05. The Balaban J connectivity index is 2.48. The molecule has 0 radical (unpaired) electrons. The Bertz CT molecular complexity index is 466. The van der Waals surface area contributed by atoms with Crippen LogP contribution in [0.25, 0.3) is 11.3 Å². The first-order valence-corrected chi connectivity index (χ1v) is 5.48.